The number of hydrogen-bond donors (Lipinski definition) is 1. The third kappa shape index (κ3) is 1.94. The van der Waals surface area contributed by atoms with Crippen LogP contribution in [0.5, 0.6) is 0 Å². The first-order valence-corrected chi connectivity index (χ1v) is 6.89. The molecule has 0 saturated carbocycles. The number of amides is 1. The van der Waals surface area contributed by atoms with Gasteiger partial charge in [-0.05, 0) is 6.92 Å². The zero-order valence-corrected chi connectivity index (χ0v) is 10.4. The number of carbonyl (C=O) groups excluding carboxylic acids is 1. The Morgan fingerprint density at radius 1 is 1.75 bits per heavy atom. The van der Waals surface area contributed by atoms with E-state index >= 15 is 0 Å². The van der Waals surface area contributed by atoms with Crippen molar-refractivity contribution in [2.75, 3.05) is 19.5 Å². The van der Waals surface area contributed by atoms with Gasteiger partial charge in [0.25, 0.3) is 0 Å². The first-order chi connectivity index (χ1) is 7.79. The SMILES string of the molecule is [3H]OCC1(OCC)[C@@H](C)CC(=O)N1S(C)(=O)=O. The van der Waals surface area contributed by atoms with Crippen molar-refractivity contribution >= 4 is 15.9 Å². The third-order valence-corrected chi connectivity index (χ3v) is 3.93. The van der Waals surface area contributed by atoms with E-state index in [4.69, 9.17) is 6.17 Å². The van der Waals surface area contributed by atoms with Crippen LogP contribution in [0.15, 0.2) is 0 Å². The van der Waals surface area contributed by atoms with Gasteiger partial charge in [0.15, 0.2) is 5.72 Å². The van der Waals surface area contributed by atoms with E-state index < -0.39 is 21.7 Å². The zero-order valence-electron chi connectivity index (χ0n) is 10.6. The Labute approximate surface area is 96.7 Å². The number of rotatable bonds is 5. The lowest BCUT2D eigenvalue weighted by Crippen LogP contribution is -2.55. The van der Waals surface area contributed by atoms with Crippen LogP contribution in [-0.2, 0) is 19.6 Å². The summed E-state index contributed by atoms with van der Waals surface area (Å²) in [5.74, 6) is -0.875. The van der Waals surface area contributed by atoms with Crippen molar-refractivity contribution in [3.05, 3.63) is 0 Å². The molecule has 16 heavy (non-hydrogen) atoms. The Morgan fingerprint density at radius 2 is 2.38 bits per heavy atom. The number of hydrogen-bond acceptors (Lipinski definition) is 5. The van der Waals surface area contributed by atoms with E-state index in [9.17, 15) is 13.2 Å². The third-order valence-electron chi connectivity index (χ3n) is 2.75. The van der Waals surface area contributed by atoms with Gasteiger partial charge in [0, 0.05) is 18.9 Å². The molecule has 0 aliphatic carbocycles. The molecule has 0 aromatic heterocycles. The minimum atomic E-state index is -3.74. The molecule has 94 valence electrons. The number of sulfonamides is 1. The average Bonchev–Trinajstić information content (AvgIpc) is 2.38. The lowest BCUT2D eigenvalue weighted by molar-refractivity contribution is -0.161. The van der Waals surface area contributed by atoms with Gasteiger partial charge in [-0.25, -0.2) is 12.7 Å². The maximum Gasteiger partial charge on any atom is 0.239 e. The summed E-state index contributed by atoms with van der Waals surface area (Å²) < 4.78 is 36.3. The lowest BCUT2D eigenvalue weighted by Gasteiger charge is -2.37. The number of aliphatic hydroxyl groups excluding tert-OH is 1. The molecule has 0 bridgehead atoms. The second-order valence-electron chi connectivity index (χ2n) is 3.95. The molecule has 1 unspecified atom stereocenters. The molecule has 1 fully saturated rings. The average molecular weight is 253 g/mol. The van der Waals surface area contributed by atoms with E-state index in [1.165, 1.54) is 0 Å². The fraction of sp³-hybridized carbons (Fsp3) is 0.889. The first-order valence-electron chi connectivity index (χ1n) is 5.45. The summed E-state index contributed by atoms with van der Waals surface area (Å²) >= 11 is 0. The summed E-state index contributed by atoms with van der Waals surface area (Å²) in [6.45, 7) is 3.34. The second kappa shape index (κ2) is 4.31. The standard InChI is InChI=1S/C9H17NO5S/c1-4-15-9(6-11)7(2)5-8(12)10(9)16(3,13)14/h7,11H,4-6H2,1-3H3/t7-,9?/m0/s1/i11T. The molecule has 1 rings (SSSR count). The van der Waals surface area contributed by atoms with Gasteiger partial charge in [0.2, 0.25) is 17.4 Å². The molecule has 0 radical (unpaired) electrons. The van der Waals surface area contributed by atoms with Crippen LogP contribution in [0.3, 0.4) is 0 Å². The Kier molecular flexibility index (Phi) is 3.18. The molecule has 0 spiro atoms. The van der Waals surface area contributed by atoms with Gasteiger partial charge in [0.1, 0.15) is 0 Å². The van der Waals surface area contributed by atoms with E-state index in [1.54, 1.807) is 13.8 Å². The van der Waals surface area contributed by atoms with Crippen molar-refractivity contribution < 1.29 is 23.1 Å². The van der Waals surface area contributed by atoms with Crippen molar-refractivity contribution in [2.24, 2.45) is 5.92 Å². The quantitative estimate of drug-likeness (QED) is 0.716. The minimum Gasteiger partial charge on any atom is -0.391 e. The van der Waals surface area contributed by atoms with Crippen LogP contribution >= 0.6 is 0 Å². The van der Waals surface area contributed by atoms with Crippen LogP contribution < -0.4 is 0 Å². The molecule has 0 aromatic carbocycles. The largest absolute Gasteiger partial charge is 0.391 e. The predicted molar refractivity (Wildman–Crippen MR) is 56.9 cm³/mol. The van der Waals surface area contributed by atoms with E-state index in [0.29, 0.717) is 4.31 Å². The van der Waals surface area contributed by atoms with E-state index in [-0.39, 0.29) is 25.6 Å². The summed E-state index contributed by atoms with van der Waals surface area (Å²) in [4.78, 5) is 11.7. The fourth-order valence-corrected chi connectivity index (χ4v) is 3.37. The molecular formula is C9H17NO5S. The highest BCUT2D eigenvalue weighted by Gasteiger charge is 2.55. The van der Waals surface area contributed by atoms with Crippen molar-refractivity contribution in [3.8, 4) is 0 Å². The number of aliphatic hydroxyl groups is 1. The molecule has 0 aromatic rings. The Morgan fingerprint density at radius 3 is 2.81 bits per heavy atom. The number of ether oxygens (including phenoxy) is 1. The smallest absolute Gasteiger partial charge is 0.239 e. The topological polar surface area (TPSA) is 83.9 Å². The van der Waals surface area contributed by atoms with Gasteiger partial charge in [-0.2, -0.15) is 0 Å². The molecular weight excluding hydrogens is 234 g/mol. The zero-order chi connectivity index (χ0) is 13.3. The van der Waals surface area contributed by atoms with E-state index in [2.05, 4.69) is 5.11 Å². The molecule has 6 nitrogen and oxygen atoms in total. The maximum atomic E-state index is 11.7. The highest BCUT2D eigenvalue weighted by molar-refractivity contribution is 7.89. The normalized spacial score (nSPS) is 31.9. The molecule has 1 aliphatic rings. The molecule has 7 heteroatoms. The highest BCUT2D eigenvalue weighted by Crippen LogP contribution is 2.38. The summed E-state index contributed by atoms with van der Waals surface area (Å²) in [7, 11) is -3.74. The van der Waals surface area contributed by atoms with Gasteiger partial charge in [-0.3, -0.25) is 4.79 Å². The Bertz CT molecular complexity index is 390. The monoisotopic (exact) mass is 253 g/mol. The van der Waals surface area contributed by atoms with Crippen LogP contribution in [0.4, 0.5) is 0 Å². The fourth-order valence-electron chi connectivity index (χ4n) is 2.07. The first kappa shape index (κ1) is 11.8. The number of nitrogens with zero attached hydrogens (tertiary/aromatic N) is 1. The highest BCUT2D eigenvalue weighted by atomic mass is 32.2. The number of carbonyl (C=O) groups is 1. The van der Waals surface area contributed by atoms with Crippen LogP contribution in [0.1, 0.15) is 20.3 Å². The minimum absolute atomic E-state index is 0.0659. The van der Waals surface area contributed by atoms with Gasteiger partial charge in [-0.1, -0.05) is 6.92 Å². The molecule has 1 saturated heterocycles. The summed E-state index contributed by atoms with van der Waals surface area (Å²) in [5, 5.41) is 4.29. The molecule has 1 heterocycles. The van der Waals surface area contributed by atoms with E-state index in [0.717, 1.165) is 6.26 Å². The summed E-state index contributed by atoms with van der Waals surface area (Å²) in [6, 6.07) is 0. The summed E-state index contributed by atoms with van der Waals surface area (Å²) in [5.41, 5.74) is -1.39. The van der Waals surface area contributed by atoms with Crippen molar-refractivity contribution in [1.29, 1.82) is 1.43 Å². The van der Waals surface area contributed by atoms with Crippen LogP contribution in [0.2, 0.25) is 0 Å². The van der Waals surface area contributed by atoms with Gasteiger partial charge in [-0.15, -0.1) is 0 Å². The van der Waals surface area contributed by atoms with Gasteiger partial charge >= 0.3 is 0 Å². The van der Waals surface area contributed by atoms with Gasteiger partial charge in [0.05, 0.1) is 12.9 Å². The molecule has 1 amide bonds. The Hall–Kier alpha value is -0.660. The maximum absolute atomic E-state index is 11.7. The van der Waals surface area contributed by atoms with Crippen LogP contribution in [0.25, 0.3) is 0 Å². The van der Waals surface area contributed by atoms with Crippen molar-refractivity contribution in [2.45, 2.75) is 26.0 Å². The molecule has 2 atom stereocenters. The van der Waals surface area contributed by atoms with E-state index in [1.807, 2.05) is 0 Å². The summed E-state index contributed by atoms with van der Waals surface area (Å²) in [6.07, 6.45) is 1.01. The lowest BCUT2D eigenvalue weighted by atomic mass is 10.00. The second-order valence-corrected chi connectivity index (χ2v) is 5.78. The van der Waals surface area contributed by atoms with Crippen LogP contribution in [0, 0.1) is 5.92 Å². The van der Waals surface area contributed by atoms with Crippen molar-refractivity contribution in [1.82, 2.24) is 4.31 Å². The van der Waals surface area contributed by atoms with Crippen LogP contribution in [-0.4, -0.2) is 50.4 Å². The molecule has 1 N–H and O–H groups in total. The Balaban J connectivity index is 3.25. The van der Waals surface area contributed by atoms with Gasteiger partial charge < -0.3 is 9.85 Å². The van der Waals surface area contributed by atoms with Crippen molar-refractivity contribution in [3.63, 3.8) is 0 Å². The predicted octanol–water partition coefficient (Wildman–Crippen LogP) is -0.460. The molecule has 1 aliphatic heterocycles.